The maximum atomic E-state index is 10.3. The lowest BCUT2D eigenvalue weighted by molar-refractivity contribution is -0.136. The minimum absolute atomic E-state index is 0.0000926. The van der Waals surface area contributed by atoms with Gasteiger partial charge in [-0.05, 0) is 22.0 Å². The summed E-state index contributed by atoms with van der Waals surface area (Å²) in [5.41, 5.74) is 0.414. The molecular weight excluding hydrogens is 224 g/mol. The summed E-state index contributed by atoms with van der Waals surface area (Å²) >= 11 is 3.09. The predicted octanol–water partition coefficient (Wildman–Crippen LogP) is 1.78. The number of hydrogen-bond acceptors (Lipinski definition) is 2. The molecule has 0 saturated heterocycles. The number of phenols is 1. The number of aliphatic carboxylic acids is 1. The van der Waals surface area contributed by atoms with Gasteiger partial charge in [-0.15, -0.1) is 0 Å². The van der Waals surface area contributed by atoms with Crippen LogP contribution in [0.3, 0.4) is 0 Å². The SMILES string of the molecule is O=C(O)Cc1cccc(Br)c1O. The van der Waals surface area contributed by atoms with E-state index in [1.807, 2.05) is 0 Å². The fourth-order valence-corrected chi connectivity index (χ4v) is 1.27. The molecule has 0 saturated carbocycles. The summed E-state index contributed by atoms with van der Waals surface area (Å²) in [6.45, 7) is 0. The Bertz CT molecular complexity index is 309. The van der Waals surface area contributed by atoms with Crippen molar-refractivity contribution in [2.75, 3.05) is 0 Å². The fraction of sp³-hybridized carbons (Fsp3) is 0.125. The molecule has 0 radical (unpaired) electrons. The van der Waals surface area contributed by atoms with Crippen LogP contribution >= 0.6 is 15.9 Å². The van der Waals surface area contributed by atoms with Gasteiger partial charge in [-0.2, -0.15) is 0 Å². The largest absolute Gasteiger partial charge is 0.506 e. The number of halogens is 1. The zero-order valence-corrected chi connectivity index (χ0v) is 7.71. The molecule has 1 aromatic rings. The van der Waals surface area contributed by atoms with Crippen LogP contribution in [0.4, 0.5) is 0 Å². The zero-order chi connectivity index (χ0) is 9.14. The lowest BCUT2D eigenvalue weighted by Gasteiger charge is -2.02. The normalized spacial score (nSPS) is 9.75. The summed E-state index contributed by atoms with van der Waals surface area (Å²) in [7, 11) is 0. The van der Waals surface area contributed by atoms with Gasteiger partial charge in [0.05, 0.1) is 10.9 Å². The number of carboxylic acid groups (broad SMARTS) is 1. The molecule has 4 heteroatoms. The minimum Gasteiger partial charge on any atom is -0.506 e. The molecule has 1 rings (SSSR count). The van der Waals surface area contributed by atoms with E-state index >= 15 is 0 Å². The van der Waals surface area contributed by atoms with Crippen molar-refractivity contribution >= 4 is 21.9 Å². The van der Waals surface area contributed by atoms with Crippen molar-refractivity contribution in [3.8, 4) is 5.75 Å². The lowest BCUT2D eigenvalue weighted by Crippen LogP contribution is -2.00. The summed E-state index contributed by atoms with van der Waals surface area (Å²) in [6.07, 6.45) is -0.161. The number of carboxylic acids is 1. The Morgan fingerprint density at radius 2 is 2.17 bits per heavy atom. The summed E-state index contributed by atoms with van der Waals surface area (Å²) in [6, 6.07) is 4.91. The van der Waals surface area contributed by atoms with Crippen LogP contribution in [-0.4, -0.2) is 16.2 Å². The predicted molar refractivity (Wildman–Crippen MR) is 47.1 cm³/mol. The van der Waals surface area contributed by atoms with Crippen LogP contribution in [-0.2, 0) is 11.2 Å². The van der Waals surface area contributed by atoms with Gasteiger partial charge >= 0.3 is 5.97 Å². The average Bonchev–Trinajstić information content (AvgIpc) is 1.98. The molecule has 12 heavy (non-hydrogen) atoms. The third-order valence-corrected chi connectivity index (χ3v) is 2.05. The lowest BCUT2D eigenvalue weighted by atomic mass is 10.1. The van der Waals surface area contributed by atoms with Crippen molar-refractivity contribution in [2.45, 2.75) is 6.42 Å². The Hall–Kier alpha value is -1.03. The van der Waals surface area contributed by atoms with Crippen molar-refractivity contribution in [2.24, 2.45) is 0 Å². The van der Waals surface area contributed by atoms with Crippen LogP contribution in [0, 0.1) is 0 Å². The third-order valence-electron chi connectivity index (χ3n) is 1.41. The molecule has 0 aliphatic carbocycles. The van der Waals surface area contributed by atoms with Crippen LogP contribution < -0.4 is 0 Å². The monoisotopic (exact) mass is 230 g/mol. The number of para-hydroxylation sites is 1. The van der Waals surface area contributed by atoms with Gasteiger partial charge in [-0.1, -0.05) is 12.1 Å². The standard InChI is InChI=1S/C8H7BrO3/c9-6-3-1-2-5(8(6)12)4-7(10)11/h1-3,12H,4H2,(H,10,11). The van der Waals surface area contributed by atoms with E-state index in [1.165, 1.54) is 0 Å². The first-order valence-corrected chi connectivity index (χ1v) is 4.08. The molecule has 0 atom stereocenters. The van der Waals surface area contributed by atoms with Crippen LogP contribution in [0.2, 0.25) is 0 Å². The first-order chi connectivity index (χ1) is 5.61. The van der Waals surface area contributed by atoms with E-state index in [0.29, 0.717) is 10.0 Å². The summed E-state index contributed by atoms with van der Waals surface area (Å²) in [4.78, 5) is 10.3. The number of benzene rings is 1. The first-order valence-electron chi connectivity index (χ1n) is 3.29. The highest BCUT2D eigenvalue weighted by molar-refractivity contribution is 9.10. The molecule has 0 aromatic heterocycles. The van der Waals surface area contributed by atoms with Crippen LogP contribution in [0.25, 0.3) is 0 Å². The second-order valence-corrected chi connectivity index (χ2v) is 3.17. The molecule has 64 valence electrons. The maximum Gasteiger partial charge on any atom is 0.307 e. The Morgan fingerprint density at radius 3 is 2.75 bits per heavy atom. The molecule has 0 fully saturated rings. The molecule has 0 bridgehead atoms. The number of carbonyl (C=O) groups is 1. The third kappa shape index (κ3) is 1.98. The van der Waals surface area contributed by atoms with Crippen molar-refractivity contribution in [1.82, 2.24) is 0 Å². The second kappa shape index (κ2) is 3.58. The fourth-order valence-electron chi connectivity index (χ4n) is 0.866. The van der Waals surface area contributed by atoms with Crippen molar-refractivity contribution in [3.63, 3.8) is 0 Å². The highest BCUT2D eigenvalue weighted by atomic mass is 79.9. The van der Waals surface area contributed by atoms with Gasteiger partial charge in [-0.3, -0.25) is 4.79 Å². The smallest absolute Gasteiger partial charge is 0.307 e. The summed E-state index contributed by atoms with van der Waals surface area (Å²) in [5, 5.41) is 17.8. The van der Waals surface area contributed by atoms with E-state index in [4.69, 9.17) is 5.11 Å². The zero-order valence-electron chi connectivity index (χ0n) is 6.12. The second-order valence-electron chi connectivity index (χ2n) is 2.32. The topological polar surface area (TPSA) is 57.5 Å². The van der Waals surface area contributed by atoms with Crippen LogP contribution in [0.1, 0.15) is 5.56 Å². The highest BCUT2D eigenvalue weighted by Crippen LogP contribution is 2.27. The van der Waals surface area contributed by atoms with Gasteiger partial charge in [0, 0.05) is 5.56 Å². The van der Waals surface area contributed by atoms with Gasteiger partial charge in [0.1, 0.15) is 5.75 Å². The number of hydrogen-bond donors (Lipinski definition) is 2. The van der Waals surface area contributed by atoms with Crippen LogP contribution in [0.5, 0.6) is 5.75 Å². The van der Waals surface area contributed by atoms with Gasteiger partial charge in [0.25, 0.3) is 0 Å². The van der Waals surface area contributed by atoms with Crippen molar-refractivity contribution in [3.05, 3.63) is 28.2 Å². The van der Waals surface area contributed by atoms with Gasteiger partial charge in [-0.25, -0.2) is 0 Å². The Balaban J connectivity index is 3.00. The van der Waals surface area contributed by atoms with E-state index < -0.39 is 5.97 Å². The molecule has 1 aromatic carbocycles. The van der Waals surface area contributed by atoms with Gasteiger partial charge in [0.15, 0.2) is 0 Å². The molecule has 0 aliphatic heterocycles. The number of rotatable bonds is 2. The van der Waals surface area contributed by atoms with Gasteiger partial charge in [0.2, 0.25) is 0 Å². The van der Waals surface area contributed by atoms with Crippen LogP contribution in [0.15, 0.2) is 22.7 Å². The van der Waals surface area contributed by atoms with E-state index in [0.717, 1.165) is 0 Å². The average molecular weight is 231 g/mol. The molecule has 0 amide bonds. The van der Waals surface area contributed by atoms with Crippen molar-refractivity contribution in [1.29, 1.82) is 0 Å². The Kier molecular flexibility index (Phi) is 2.70. The number of aromatic hydroxyl groups is 1. The Morgan fingerprint density at radius 1 is 1.50 bits per heavy atom. The molecule has 3 nitrogen and oxygen atoms in total. The summed E-state index contributed by atoms with van der Waals surface area (Å²) < 4.78 is 0.515. The molecule has 0 unspecified atom stereocenters. The quantitative estimate of drug-likeness (QED) is 0.815. The van der Waals surface area contributed by atoms with Gasteiger partial charge < -0.3 is 10.2 Å². The maximum absolute atomic E-state index is 10.3. The molecule has 0 spiro atoms. The first kappa shape index (κ1) is 9.06. The summed E-state index contributed by atoms with van der Waals surface area (Å²) in [5.74, 6) is -0.955. The molecule has 0 heterocycles. The molecule has 2 N–H and O–H groups in total. The number of phenolic OH excluding ortho intramolecular Hbond substituents is 1. The Labute approximate surface area is 77.8 Å². The minimum atomic E-state index is -0.955. The highest BCUT2D eigenvalue weighted by Gasteiger charge is 2.07. The van der Waals surface area contributed by atoms with E-state index in [1.54, 1.807) is 18.2 Å². The van der Waals surface area contributed by atoms with E-state index in [-0.39, 0.29) is 12.2 Å². The van der Waals surface area contributed by atoms with Crippen molar-refractivity contribution < 1.29 is 15.0 Å². The molecular formula is C8H7BrO3. The van der Waals surface area contributed by atoms with E-state index in [2.05, 4.69) is 15.9 Å². The molecule has 0 aliphatic rings. The van der Waals surface area contributed by atoms with E-state index in [9.17, 15) is 9.90 Å².